The van der Waals surface area contributed by atoms with Crippen molar-refractivity contribution in [2.75, 3.05) is 19.4 Å². The van der Waals surface area contributed by atoms with Gasteiger partial charge in [-0.1, -0.05) is 13.3 Å². The van der Waals surface area contributed by atoms with Gasteiger partial charge < -0.3 is 10.4 Å². The fourth-order valence-electron chi connectivity index (χ4n) is 1.82. The summed E-state index contributed by atoms with van der Waals surface area (Å²) >= 11 is 0. The summed E-state index contributed by atoms with van der Waals surface area (Å²) in [6.45, 7) is 1.97. The SMILES string of the molecule is CCCC(CC(=O)O)Nc1ccc(S(=O)(=O)N(C)C)cn1. The third-order valence-electron chi connectivity index (χ3n) is 2.93. The van der Waals surface area contributed by atoms with Gasteiger partial charge in [-0.05, 0) is 18.6 Å². The number of pyridine rings is 1. The fraction of sp³-hybridized carbons (Fsp3) is 0.538. The molecule has 0 fully saturated rings. The molecule has 0 spiro atoms. The second-order valence-electron chi connectivity index (χ2n) is 4.89. The van der Waals surface area contributed by atoms with Gasteiger partial charge in [0.1, 0.15) is 10.7 Å². The van der Waals surface area contributed by atoms with Gasteiger partial charge in [0.05, 0.1) is 6.42 Å². The number of carboxylic acids is 1. The number of rotatable bonds is 8. The summed E-state index contributed by atoms with van der Waals surface area (Å²) in [4.78, 5) is 14.9. The Balaban J connectivity index is 2.84. The summed E-state index contributed by atoms with van der Waals surface area (Å²) in [6.07, 6.45) is 2.80. The molecule has 118 valence electrons. The largest absolute Gasteiger partial charge is 0.481 e. The number of aliphatic carboxylic acids is 1. The topological polar surface area (TPSA) is 99.6 Å². The number of hydrogen-bond acceptors (Lipinski definition) is 5. The van der Waals surface area contributed by atoms with Crippen LogP contribution in [0.4, 0.5) is 5.82 Å². The monoisotopic (exact) mass is 315 g/mol. The Morgan fingerprint density at radius 2 is 2.10 bits per heavy atom. The van der Waals surface area contributed by atoms with Crippen LogP contribution in [0.15, 0.2) is 23.2 Å². The van der Waals surface area contributed by atoms with E-state index in [1.807, 2.05) is 6.92 Å². The van der Waals surface area contributed by atoms with Crippen LogP contribution in [-0.2, 0) is 14.8 Å². The zero-order valence-electron chi connectivity index (χ0n) is 12.4. The first-order valence-electron chi connectivity index (χ1n) is 6.64. The van der Waals surface area contributed by atoms with Gasteiger partial charge in [0.2, 0.25) is 10.0 Å². The smallest absolute Gasteiger partial charge is 0.305 e. The molecule has 0 radical (unpaired) electrons. The molecule has 0 saturated heterocycles. The maximum absolute atomic E-state index is 11.9. The second-order valence-corrected chi connectivity index (χ2v) is 7.05. The van der Waals surface area contributed by atoms with E-state index in [1.165, 1.54) is 26.4 Å². The number of anilines is 1. The first-order valence-corrected chi connectivity index (χ1v) is 8.08. The summed E-state index contributed by atoms with van der Waals surface area (Å²) in [6, 6.07) is 2.77. The summed E-state index contributed by atoms with van der Waals surface area (Å²) in [5.41, 5.74) is 0. The van der Waals surface area contributed by atoms with Gasteiger partial charge in [-0.3, -0.25) is 4.79 Å². The number of aromatic nitrogens is 1. The van der Waals surface area contributed by atoms with Crippen LogP contribution in [0.25, 0.3) is 0 Å². The molecule has 0 amide bonds. The molecule has 1 rings (SSSR count). The van der Waals surface area contributed by atoms with E-state index in [9.17, 15) is 13.2 Å². The molecule has 1 atom stereocenters. The molecule has 0 saturated carbocycles. The Kier molecular flexibility index (Phi) is 6.10. The molecular formula is C13H21N3O4S. The lowest BCUT2D eigenvalue weighted by Crippen LogP contribution is -2.24. The van der Waals surface area contributed by atoms with E-state index in [2.05, 4.69) is 10.3 Å². The predicted octanol–water partition coefficient (Wildman–Crippen LogP) is 1.39. The van der Waals surface area contributed by atoms with E-state index in [-0.39, 0.29) is 17.4 Å². The molecule has 1 unspecified atom stereocenters. The molecule has 1 aromatic rings. The molecule has 0 aliphatic heterocycles. The molecule has 2 N–H and O–H groups in total. The highest BCUT2D eigenvalue weighted by molar-refractivity contribution is 7.89. The first kappa shape index (κ1) is 17.4. The van der Waals surface area contributed by atoms with Gasteiger partial charge in [0.15, 0.2) is 0 Å². The van der Waals surface area contributed by atoms with E-state index in [4.69, 9.17) is 5.11 Å². The van der Waals surface area contributed by atoms with Gasteiger partial charge in [-0.15, -0.1) is 0 Å². The minimum Gasteiger partial charge on any atom is -0.481 e. The highest BCUT2D eigenvalue weighted by Crippen LogP contribution is 2.16. The van der Waals surface area contributed by atoms with E-state index in [0.29, 0.717) is 12.2 Å². The molecule has 0 aliphatic rings. The van der Waals surface area contributed by atoms with Crippen LogP contribution >= 0.6 is 0 Å². The Labute approximate surface area is 125 Å². The summed E-state index contributed by atoms with van der Waals surface area (Å²) < 4.78 is 24.9. The van der Waals surface area contributed by atoms with Crippen molar-refractivity contribution < 1.29 is 18.3 Å². The zero-order valence-corrected chi connectivity index (χ0v) is 13.2. The molecule has 21 heavy (non-hydrogen) atoms. The predicted molar refractivity (Wildman–Crippen MR) is 79.7 cm³/mol. The highest BCUT2D eigenvalue weighted by atomic mass is 32.2. The summed E-state index contributed by atoms with van der Waals surface area (Å²) in [5, 5.41) is 11.9. The molecule has 0 aromatic carbocycles. The Bertz CT molecular complexity index is 570. The summed E-state index contributed by atoms with van der Waals surface area (Å²) in [5.74, 6) is -0.417. The van der Waals surface area contributed by atoms with E-state index in [1.54, 1.807) is 6.07 Å². The Morgan fingerprint density at radius 1 is 1.43 bits per heavy atom. The lowest BCUT2D eigenvalue weighted by molar-refractivity contribution is -0.137. The van der Waals surface area contributed by atoms with Crippen molar-refractivity contribution in [2.45, 2.75) is 37.1 Å². The number of carboxylic acid groups (broad SMARTS) is 1. The van der Waals surface area contributed by atoms with E-state index in [0.717, 1.165) is 10.7 Å². The standard InChI is InChI=1S/C13H21N3O4S/c1-4-5-10(8-13(17)18)15-12-7-6-11(9-14-12)21(19,20)16(2)3/h6-7,9-10H,4-5,8H2,1-3H3,(H,14,15)(H,17,18). The first-order chi connectivity index (χ1) is 9.77. The molecule has 1 heterocycles. The van der Waals surface area contributed by atoms with Crippen LogP contribution in [0.3, 0.4) is 0 Å². The number of hydrogen-bond donors (Lipinski definition) is 2. The minimum atomic E-state index is -3.50. The van der Waals surface area contributed by atoms with Crippen molar-refractivity contribution in [1.29, 1.82) is 0 Å². The molecule has 0 aliphatic carbocycles. The molecule has 7 nitrogen and oxygen atoms in total. The number of nitrogens with zero attached hydrogens (tertiary/aromatic N) is 2. The lowest BCUT2D eigenvalue weighted by Gasteiger charge is -2.17. The van der Waals surface area contributed by atoms with Gasteiger partial charge >= 0.3 is 5.97 Å². The minimum absolute atomic E-state index is 0.00668. The maximum atomic E-state index is 11.9. The van der Waals surface area contributed by atoms with E-state index >= 15 is 0 Å². The van der Waals surface area contributed by atoms with Crippen molar-refractivity contribution in [3.63, 3.8) is 0 Å². The number of sulfonamides is 1. The molecule has 8 heteroatoms. The van der Waals surface area contributed by atoms with Gasteiger partial charge in [0, 0.05) is 26.3 Å². The maximum Gasteiger partial charge on any atom is 0.305 e. The van der Waals surface area contributed by atoms with Crippen LogP contribution < -0.4 is 5.32 Å². The average molecular weight is 315 g/mol. The summed E-state index contributed by atoms with van der Waals surface area (Å²) in [7, 11) is -0.602. The van der Waals surface area contributed by atoms with Crippen molar-refractivity contribution >= 4 is 21.8 Å². The highest BCUT2D eigenvalue weighted by Gasteiger charge is 2.18. The Morgan fingerprint density at radius 3 is 2.52 bits per heavy atom. The van der Waals surface area contributed by atoms with E-state index < -0.39 is 16.0 Å². The van der Waals surface area contributed by atoms with Crippen LogP contribution in [-0.4, -0.2) is 48.9 Å². The zero-order chi connectivity index (χ0) is 16.0. The van der Waals surface area contributed by atoms with Crippen LogP contribution in [0.5, 0.6) is 0 Å². The molecule has 1 aromatic heterocycles. The fourth-order valence-corrected chi connectivity index (χ4v) is 2.67. The van der Waals surface area contributed by atoms with Crippen LogP contribution in [0, 0.1) is 0 Å². The number of nitrogens with one attached hydrogen (secondary N) is 1. The normalized spacial score (nSPS) is 13.1. The van der Waals surface area contributed by atoms with Crippen molar-refractivity contribution in [2.24, 2.45) is 0 Å². The van der Waals surface area contributed by atoms with Crippen LogP contribution in [0.2, 0.25) is 0 Å². The molecular weight excluding hydrogens is 294 g/mol. The average Bonchev–Trinajstić information content (AvgIpc) is 2.38. The van der Waals surface area contributed by atoms with Gasteiger partial charge in [-0.2, -0.15) is 0 Å². The van der Waals surface area contributed by atoms with Crippen molar-refractivity contribution in [1.82, 2.24) is 9.29 Å². The van der Waals surface area contributed by atoms with Crippen LogP contribution in [0.1, 0.15) is 26.2 Å². The Hall–Kier alpha value is -1.67. The number of carbonyl (C=O) groups is 1. The second kappa shape index (κ2) is 7.37. The van der Waals surface area contributed by atoms with Crippen molar-refractivity contribution in [3.05, 3.63) is 18.3 Å². The molecule has 0 bridgehead atoms. The third-order valence-corrected chi connectivity index (χ3v) is 4.72. The quantitative estimate of drug-likeness (QED) is 0.752. The third kappa shape index (κ3) is 4.98. The van der Waals surface area contributed by atoms with Gasteiger partial charge in [0.25, 0.3) is 0 Å². The van der Waals surface area contributed by atoms with Gasteiger partial charge in [-0.25, -0.2) is 17.7 Å². The lowest BCUT2D eigenvalue weighted by atomic mass is 10.1. The van der Waals surface area contributed by atoms with Crippen molar-refractivity contribution in [3.8, 4) is 0 Å².